The number of hydrogen-bond donors (Lipinski definition) is 2. The molecule has 0 bridgehead atoms. The predicted molar refractivity (Wildman–Crippen MR) is 124 cm³/mol. The first-order valence-electron chi connectivity index (χ1n) is 10.4. The summed E-state index contributed by atoms with van der Waals surface area (Å²) in [7, 11) is 3.12. The highest BCUT2D eigenvalue weighted by Crippen LogP contribution is 2.39. The minimum atomic E-state index is -0.858. The minimum Gasteiger partial charge on any atom is -0.497 e. The Morgan fingerprint density at radius 2 is 2.06 bits per heavy atom. The minimum absolute atomic E-state index is 0.0670. The summed E-state index contributed by atoms with van der Waals surface area (Å²) in [6.07, 6.45) is -0.166. The highest BCUT2D eigenvalue weighted by Gasteiger charge is 2.37. The first-order chi connectivity index (χ1) is 16.3. The fraction of sp³-hybridized carbons (Fsp3) is 0.261. The molecule has 2 heterocycles. The molecule has 11 nitrogen and oxygen atoms in total. The number of fused-ring (bicyclic) bond motifs is 1. The van der Waals surface area contributed by atoms with Crippen LogP contribution in [0.5, 0.6) is 5.75 Å². The van der Waals surface area contributed by atoms with E-state index in [0.29, 0.717) is 34.1 Å². The van der Waals surface area contributed by atoms with Crippen molar-refractivity contribution in [2.45, 2.75) is 26.0 Å². The van der Waals surface area contributed by atoms with Gasteiger partial charge in [-0.25, -0.2) is 4.68 Å². The number of ether oxygens (including phenoxy) is 2. The number of nitro groups is 1. The van der Waals surface area contributed by atoms with Crippen LogP contribution in [0.1, 0.15) is 23.7 Å². The number of hydrogen-bond acceptors (Lipinski definition) is 7. The van der Waals surface area contributed by atoms with E-state index in [1.54, 1.807) is 21.1 Å². The van der Waals surface area contributed by atoms with Gasteiger partial charge in [0.2, 0.25) is 5.91 Å². The number of rotatable bonds is 8. The number of benzene rings is 2. The SMILES string of the molecule is COCc1nn2c(c1-c1cccc(OC)c1)NC(=O)C2CC(=O)Nc1ccc([N+](=O)[O-])cc1C. The van der Waals surface area contributed by atoms with Crippen LogP contribution in [0.15, 0.2) is 42.5 Å². The molecule has 1 aromatic heterocycles. The maximum Gasteiger partial charge on any atom is 0.269 e. The van der Waals surface area contributed by atoms with E-state index in [1.165, 1.54) is 22.9 Å². The molecule has 1 aliphatic heterocycles. The highest BCUT2D eigenvalue weighted by molar-refractivity contribution is 6.04. The standard InChI is InChI=1S/C23H23N5O6/c1-13-9-15(28(31)32)7-8-17(13)24-20(29)11-19-23(30)25-22-21(18(12-33-2)26-27(19)22)14-5-4-6-16(10-14)34-3/h4-10,19H,11-12H2,1-3H3,(H,24,29)(H,25,30). The van der Waals surface area contributed by atoms with Gasteiger partial charge < -0.3 is 20.1 Å². The van der Waals surface area contributed by atoms with E-state index in [0.717, 1.165) is 5.56 Å². The lowest BCUT2D eigenvalue weighted by molar-refractivity contribution is -0.384. The molecule has 0 aliphatic carbocycles. The zero-order valence-electron chi connectivity index (χ0n) is 18.8. The lowest BCUT2D eigenvalue weighted by atomic mass is 10.1. The quantitative estimate of drug-likeness (QED) is 0.384. The van der Waals surface area contributed by atoms with Crippen LogP contribution < -0.4 is 15.4 Å². The summed E-state index contributed by atoms with van der Waals surface area (Å²) in [6, 6.07) is 10.7. The van der Waals surface area contributed by atoms with Gasteiger partial charge in [-0.15, -0.1) is 0 Å². The van der Waals surface area contributed by atoms with Crippen LogP contribution in [0.3, 0.4) is 0 Å². The Labute approximate surface area is 194 Å². The molecule has 4 rings (SSSR count). The zero-order chi connectivity index (χ0) is 24.4. The normalized spacial score (nSPS) is 14.4. The summed E-state index contributed by atoms with van der Waals surface area (Å²) in [4.78, 5) is 35.9. The molecule has 2 amide bonds. The summed E-state index contributed by atoms with van der Waals surface area (Å²) in [5.74, 6) is 0.358. The number of nitrogens with zero attached hydrogens (tertiary/aromatic N) is 3. The van der Waals surface area contributed by atoms with Gasteiger partial charge >= 0.3 is 0 Å². The van der Waals surface area contributed by atoms with Crippen LogP contribution in [0.4, 0.5) is 17.2 Å². The van der Waals surface area contributed by atoms with Crippen molar-refractivity contribution in [3.05, 3.63) is 63.8 Å². The Kier molecular flexibility index (Phi) is 6.28. The largest absolute Gasteiger partial charge is 0.497 e. The molecule has 2 N–H and O–H groups in total. The van der Waals surface area contributed by atoms with Crippen molar-refractivity contribution in [2.75, 3.05) is 24.9 Å². The first kappa shape index (κ1) is 22.9. The summed E-state index contributed by atoms with van der Waals surface area (Å²) in [5.41, 5.74) is 3.01. The third kappa shape index (κ3) is 4.33. The highest BCUT2D eigenvalue weighted by atomic mass is 16.6. The number of anilines is 2. The van der Waals surface area contributed by atoms with Crippen molar-refractivity contribution in [3.63, 3.8) is 0 Å². The van der Waals surface area contributed by atoms with Crippen molar-refractivity contribution in [3.8, 4) is 16.9 Å². The molecule has 176 valence electrons. The van der Waals surface area contributed by atoms with Gasteiger partial charge in [0.15, 0.2) is 0 Å². The van der Waals surface area contributed by atoms with Crippen molar-refractivity contribution in [2.24, 2.45) is 0 Å². The van der Waals surface area contributed by atoms with Crippen molar-refractivity contribution in [1.82, 2.24) is 9.78 Å². The van der Waals surface area contributed by atoms with Gasteiger partial charge in [0.1, 0.15) is 17.6 Å². The average molecular weight is 465 g/mol. The Hall–Kier alpha value is -4.25. The number of aryl methyl sites for hydroxylation is 1. The fourth-order valence-electron chi connectivity index (χ4n) is 3.91. The Balaban J connectivity index is 1.61. The lowest BCUT2D eigenvalue weighted by Gasteiger charge is -2.11. The van der Waals surface area contributed by atoms with Gasteiger partial charge in [-0.1, -0.05) is 12.1 Å². The second-order valence-corrected chi connectivity index (χ2v) is 7.79. The third-order valence-corrected chi connectivity index (χ3v) is 5.54. The predicted octanol–water partition coefficient (Wildman–Crippen LogP) is 3.44. The van der Waals surface area contributed by atoms with Crippen molar-refractivity contribution in [1.29, 1.82) is 0 Å². The van der Waals surface area contributed by atoms with E-state index in [-0.39, 0.29) is 24.6 Å². The fourth-order valence-corrected chi connectivity index (χ4v) is 3.91. The molecule has 0 fully saturated rings. The van der Waals surface area contributed by atoms with E-state index in [1.807, 2.05) is 24.3 Å². The molecule has 3 aromatic rings. The van der Waals surface area contributed by atoms with E-state index < -0.39 is 16.9 Å². The molecule has 0 spiro atoms. The van der Waals surface area contributed by atoms with Crippen LogP contribution in [0.25, 0.3) is 11.1 Å². The van der Waals surface area contributed by atoms with E-state index in [4.69, 9.17) is 9.47 Å². The Morgan fingerprint density at radius 1 is 1.26 bits per heavy atom. The number of non-ortho nitro benzene ring substituents is 1. The zero-order valence-corrected chi connectivity index (χ0v) is 18.8. The van der Waals surface area contributed by atoms with Crippen LogP contribution >= 0.6 is 0 Å². The molecule has 0 radical (unpaired) electrons. The van der Waals surface area contributed by atoms with E-state index in [9.17, 15) is 19.7 Å². The third-order valence-electron chi connectivity index (χ3n) is 5.54. The van der Waals surface area contributed by atoms with Crippen LogP contribution in [0, 0.1) is 17.0 Å². The lowest BCUT2D eigenvalue weighted by Crippen LogP contribution is -2.24. The van der Waals surface area contributed by atoms with Crippen LogP contribution in [-0.4, -0.2) is 40.7 Å². The molecule has 34 heavy (non-hydrogen) atoms. The summed E-state index contributed by atoms with van der Waals surface area (Å²) in [5, 5.41) is 21.1. The maximum absolute atomic E-state index is 12.8. The molecule has 1 aliphatic rings. The molecule has 2 aromatic carbocycles. The topological polar surface area (TPSA) is 138 Å². The second-order valence-electron chi connectivity index (χ2n) is 7.79. The van der Waals surface area contributed by atoms with Gasteiger partial charge in [0, 0.05) is 24.9 Å². The maximum atomic E-state index is 12.8. The van der Waals surface area contributed by atoms with E-state index >= 15 is 0 Å². The number of aromatic nitrogens is 2. The van der Waals surface area contributed by atoms with Gasteiger partial charge in [-0.05, 0) is 36.2 Å². The van der Waals surface area contributed by atoms with Crippen molar-refractivity contribution < 1.29 is 24.0 Å². The van der Waals surface area contributed by atoms with Crippen molar-refractivity contribution >= 4 is 29.0 Å². The monoisotopic (exact) mass is 465 g/mol. The molecule has 1 unspecified atom stereocenters. The molecule has 0 saturated heterocycles. The summed E-state index contributed by atoms with van der Waals surface area (Å²) < 4.78 is 12.1. The van der Waals surface area contributed by atoms with Gasteiger partial charge in [0.25, 0.3) is 11.6 Å². The molecular formula is C23H23N5O6. The second kappa shape index (κ2) is 9.32. The average Bonchev–Trinajstić information content (AvgIpc) is 3.30. The molecule has 11 heteroatoms. The van der Waals surface area contributed by atoms with Gasteiger partial charge in [-0.2, -0.15) is 5.10 Å². The number of carbonyl (C=O) groups excluding carboxylic acids is 2. The summed E-state index contributed by atoms with van der Waals surface area (Å²) in [6.45, 7) is 1.87. The Morgan fingerprint density at radius 3 is 2.74 bits per heavy atom. The molecule has 1 atom stereocenters. The summed E-state index contributed by atoms with van der Waals surface area (Å²) >= 11 is 0. The number of nitro benzene ring substituents is 1. The number of carbonyl (C=O) groups is 2. The number of methoxy groups -OCH3 is 2. The number of amides is 2. The molecule has 0 saturated carbocycles. The van der Waals surface area contributed by atoms with Crippen LogP contribution in [-0.2, 0) is 20.9 Å². The molecular weight excluding hydrogens is 442 g/mol. The Bertz CT molecular complexity index is 1280. The van der Waals surface area contributed by atoms with Gasteiger partial charge in [-0.3, -0.25) is 19.7 Å². The smallest absolute Gasteiger partial charge is 0.269 e. The number of nitrogens with one attached hydrogen (secondary N) is 2. The van der Waals surface area contributed by atoms with Gasteiger partial charge in [0.05, 0.1) is 36.3 Å². The van der Waals surface area contributed by atoms with Crippen LogP contribution in [0.2, 0.25) is 0 Å². The van der Waals surface area contributed by atoms with E-state index in [2.05, 4.69) is 15.7 Å². The first-order valence-corrected chi connectivity index (χ1v) is 10.4.